The van der Waals surface area contributed by atoms with Crippen molar-refractivity contribution in [2.45, 2.75) is 12.8 Å². The average molecular weight is 244 g/mol. The van der Waals surface area contributed by atoms with Gasteiger partial charge in [0.25, 0.3) is 5.91 Å². The number of hydrazone groups is 1. The molecule has 0 bridgehead atoms. The highest BCUT2D eigenvalue weighted by Gasteiger charge is 2.37. The Morgan fingerprint density at radius 2 is 2.33 bits per heavy atom. The minimum Gasteiger partial charge on any atom is -0.267 e. The first-order valence-electron chi connectivity index (χ1n) is 6.03. The van der Waals surface area contributed by atoms with Crippen molar-refractivity contribution in [3.05, 3.63) is 47.8 Å². The van der Waals surface area contributed by atoms with Gasteiger partial charge < -0.3 is 0 Å². The number of nitrogens with one attached hydrogen (secondary N) is 1. The summed E-state index contributed by atoms with van der Waals surface area (Å²) in [6, 6.07) is 5.59. The molecule has 0 aromatic heterocycles. The summed E-state index contributed by atoms with van der Waals surface area (Å²) in [5.41, 5.74) is 3.82. The lowest BCUT2D eigenvalue weighted by Crippen LogP contribution is -2.35. The van der Waals surface area contributed by atoms with Crippen molar-refractivity contribution in [1.29, 1.82) is 0 Å². The van der Waals surface area contributed by atoms with Crippen LogP contribution >= 0.6 is 0 Å². The van der Waals surface area contributed by atoms with E-state index >= 15 is 0 Å². The molecule has 1 aromatic carbocycles. The summed E-state index contributed by atoms with van der Waals surface area (Å²) in [5, 5.41) is 4.13. The molecule has 4 heteroatoms. The Labute approximate surface area is 104 Å². The summed E-state index contributed by atoms with van der Waals surface area (Å²) in [5.74, 6) is 0.294. The van der Waals surface area contributed by atoms with E-state index in [4.69, 9.17) is 0 Å². The van der Waals surface area contributed by atoms with Crippen molar-refractivity contribution in [1.82, 2.24) is 5.43 Å². The second-order valence-electron chi connectivity index (χ2n) is 4.69. The highest BCUT2D eigenvalue weighted by Crippen LogP contribution is 2.40. The van der Waals surface area contributed by atoms with Gasteiger partial charge in [-0.05, 0) is 37.0 Å². The maximum atomic E-state index is 13.0. The van der Waals surface area contributed by atoms with E-state index in [1.165, 1.54) is 18.2 Å². The van der Waals surface area contributed by atoms with Crippen LogP contribution in [0, 0.1) is 17.7 Å². The SMILES string of the molecule is O=C(N/N=C1/CC2C=CCC12)c1cccc(F)c1. The predicted octanol–water partition coefficient (Wildman–Crippen LogP) is 2.51. The van der Waals surface area contributed by atoms with Crippen LogP contribution in [0.15, 0.2) is 41.5 Å². The molecule has 1 N–H and O–H groups in total. The standard InChI is InChI=1S/C14H13FN2O/c15-11-5-1-4-10(7-11)14(18)17-16-13-8-9-3-2-6-12(9)13/h1-5,7,9,12H,6,8H2,(H,17,18)/b16-13-. The molecule has 1 fully saturated rings. The Morgan fingerprint density at radius 3 is 3.11 bits per heavy atom. The normalized spacial score (nSPS) is 26.8. The second kappa shape index (κ2) is 4.37. The van der Waals surface area contributed by atoms with Crippen molar-refractivity contribution >= 4 is 11.6 Å². The lowest BCUT2D eigenvalue weighted by Gasteiger charge is -2.31. The van der Waals surface area contributed by atoms with E-state index in [-0.39, 0.29) is 5.91 Å². The molecule has 0 heterocycles. The highest BCUT2D eigenvalue weighted by molar-refractivity contribution is 5.98. The van der Waals surface area contributed by atoms with Gasteiger partial charge in [0.1, 0.15) is 5.82 Å². The minimum atomic E-state index is -0.418. The topological polar surface area (TPSA) is 41.5 Å². The Balaban J connectivity index is 1.64. The first-order chi connectivity index (χ1) is 8.74. The monoisotopic (exact) mass is 244 g/mol. The van der Waals surface area contributed by atoms with Crippen molar-refractivity contribution < 1.29 is 9.18 Å². The molecule has 2 unspecified atom stereocenters. The van der Waals surface area contributed by atoms with Crippen molar-refractivity contribution in [2.24, 2.45) is 16.9 Å². The zero-order valence-corrected chi connectivity index (χ0v) is 9.77. The summed E-state index contributed by atoms with van der Waals surface area (Å²) in [6.07, 6.45) is 6.30. The predicted molar refractivity (Wildman–Crippen MR) is 66.7 cm³/mol. The lowest BCUT2D eigenvalue weighted by molar-refractivity contribution is 0.0953. The molecule has 2 aliphatic carbocycles. The minimum absolute atomic E-state index is 0.291. The van der Waals surface area contributed by atoms with E-state index in [9.17, 15) is 9.18 Å². The molecule has 0 saturated heterocycles. The van der Waals surface area contributed by atoms with Gasteiger partial charge in [0.05, 0.1) is 0 Å². The van der Waals surface area contributed by atoms with E-state index in [0.29, 0.717) is 17.4 Å². The van der Waals surface area contributed by atoms with Crippen LogP contribution in [0.25, 0.3) is 0 Å². The van der Waals surface area contributed by atoms with Crippen LogP contribution in [0.1, 0.15) is 23.2 Å². The number of amides is 1. The molecule has 1 amide bonds. The van der Waals surface area contributed by atoms with Crippen LogP contribution in [0.5, 0.6) is 0 Å². The number of halogens is 1. The van der Waals surface area contributed by atoms with Crippen molar-refractivity contribution in [3.63, 3.8) is 0 Å². The summed E-state index contributed by atoms with van der Waals surface area (Å²) in [4.78, 5) is 11.7. The number of allylic oxidation sites excluding steroid dienone is 2. The largest absolute Gasteiger partial charge is 0.271 e. The molecule has 1 saturated carbocycles. The molecular formula is C14H13FN2O. The maximum absolute atomic E-state index is 13.0. The molecule has 0 aliphatic heterocycles. The van der Waals surface area contributed by atoms with Gasteiger partial charge in [-0.3, -0.25) is 4.79 Å². The number of rotatable bonds is 2. The number of benzene rings is 1. The van der Waals surface area contributed by atoms with Crippen LogP contribution in [0.4, 0.5) is 4.39 Å². The van der Waals surface area contributed by atoms with Gasteiger partial charge >= 0.3 is 0 Å². The number of carbonyl (C=O) groups is 1. The number of hydrogen-bond acceptors (Lipinski definition) is 2. The zero-order valence-electron chi connectivity index (χ0n) is 9.77. The fraction of sp³-hybridized carbons (Fsp3) is 0.286. The molecule has 18 heavy (non-hydrogen) atoms. The van der Waals surface area contributed by atoms with E-state index in [0.717, 1.165) is 18.6 Å². The molecular weight excluding hydrogens is 231 g/mol. The number of fused-ring (bicyclic) bond motifs is 1. The van der Waals surface area contributed by atoms with Crippen LogP contribution in [0.2, 0.25) is 0 Å². The highest BCUT2D eigenvalue weighted by atomic mass is 19.1. The second-order valence-corrected chi connectivity index (χ2v) is 4.69. The first-order valence-corrected chi connectivity index (χ1v) is 6.03. The van der Waals surface area contributed by atoms with Crippen LogP contribution in [0.3, 0.4) is 0 Å². The van der Waals surface area contributed by atoms with Crippen LogP contribution in [-0.2, 0) is 0 Å². The molecule has 0 spiro atoms. The number of carbonyl (C=O) groups excluding carboxylic acids is 1. The van der Waals surface area contributed by atoms with E-state index in [1.807, 2.05) is 0 Å². The molecule has 3 rings (SSSR count). The van der Waals surface area contributed by atoms with Crippen LogP contribution in [-0.4, -0.2) is 11.6 Å². The molecule has 3 nitrogen and oxygen atoms in total. The molecule has 2 aliphatic rings. The first kappa shape index (κ1) is 11.1. The quantitative estimate of drug-likeness (QED) is 0.630. The summed E-state index contributed by atoms with van der Waals surface area (Å²) >= 11 is 0. The fourth-order valence-corrected chi connectivity index (χ4v) is 2.48. The van der Waals surface area contributed by atoms with Crippen molar-refractivity contribution in [2.75, 3.05) is 0 Å². The van der Waals surface area contributed by atoms with Gasteiger partial charge in [-0.25, -0.2) is 9.82 Å². The Hall–Kier alpha value is -1.97. The smallest absolute Gasteiger partial charge is 0.267 e. The molecule has 92 valence electrons. The lowest BCUT2D eigenvalue weighted by atomic mass is 9.74. The molecule has 0 radical (unpaired) electrons. The van der Waals surface area contributed by atoms with Gasteiger partial charge in [-0.2, -0.15) is 5.10 Å². The third kappa shape index (κ3) is 1.94. The average Bonchev–Trinajstić information content (AvgIpc) is 2.71. The van der Waals surface area contributed by atoms with E-state index in [1.54, 1.807) is 6.07 Å². The van der Waals surface area contributed by atoms with Gasteiger partial charge in [0, 0.05) is 17.2 Å². The van der Waals surface area contributed by atoms with E-state index in [2.05, 4.69) is 22.7 Å². The summed E-state index contributed by atoms with van der Waals surface area (Å²) in [6.45, 7) is 0. The van der Waals surface area contributed by atoms with Crippen molar-refractivity contribution in [3.8, 4) is 0 Å². The Kier molecular flexibility index (Phi) is 2.70. The Bertz CT molecular complexity index is 550. The number of hydrogen-bond donors (Lipinski definition) is 1. The zero-order chi connectivity index (χ0) is 12.5. The summed E-state index contributed by atoms with van der Waals surface area (Å²) in [7, 11) is 0. The van der Waals surface area contributed by atoms with Gasteiger partial charge in [0.2, 0.25) is 0 Å². The third-order valence-corrected chi connectivity index (χ3v) is 3.55. The van der Waals surface area contributed by atoms with E-state index < -0.39 is 5.82 Å². The summed E-state index contributed by atoms with van der Waals surface area (Å²) < 4.78 is 13.0. The van der Waals surface area contributed by atoms with Gasteiger partial charge in [0.15, 0.2) is 0 Å². The Morgan fingerprint density at radius 1 is 1.44 bits per heavy atom. The molecule has 1 aromatic rings. The van der Waals surface area contributed by atoms with Gasteiger partial charge in [-0.1, -0.05) is 18.2 Å². The third-order valence-electron chi connectivity index (χ3n) is 3.55. The fourth-order valence-electron chi connectivity index (χ4n) is 2.48. The van der Waals surface area contributed by atoms with Gasteiger partial charge in [-0.15, -0.1) is 0 Å². The molecule has 2 atom stereocenters. The van der Waals surface area contributed by atoms with Crippen LogP contribution < -0.4 is 5.43 Å². The maximum Gasteiger partial charge on any atom is 0.271 e. The number of nitrogens with zero attached hydrogens (tertiary/aromatic N) is 1.